The van der Waals surface area contributed by atoms with Crippen molar-refractivity contribution in [3.8, 4) is 0 Å². The molecule has 0 spiro atoms. The number of nitrogen functional groups attached to an aromatic ring is 1. The molecule has 3 rings (SSSR count). The summed E-state index contributed by atoms with van der Waals surface area (Å²) in [7, 11) is 1.67. The molecule has 0 aromatic carbocycles. The van der Waals surface area contributed by atoms with E-state index < -0.39 is 5.92 Å². The molecular formula is C17H19N5O3S. The Morgan fingerprint density at radius 2 is 2.19 bits per heavy atom. The minimum atomic E-state index is -0.761. The van der Waals surface area contributed by atoms with Gasteiger partial charge in [-0.1, -0.05) is 11.3 Å². The third-order valence-electron chi connectivity index (χ3n) is 4.12. The zero-order chi connectivity index (χ0) is 18.7. The fourth-order valence-corrected chi connectivity index (χ4v) is 3.88. The number of nitrogens with two attached hydrogens (primary N) is 1. The predicted octanol–water partition coefficient (Wildman–Crippen LogP) is 1.30. The van der Waals surface area contributed by atoms with E-state index in [9.17, 15) is 14.4 Å². The average Bonchev–Trinajstić information content (AvgIpc) is 2.94. The van der Waals surface area contributed by atoms with Crippen molar-refractivity contribution in [2.75, 3.05) is 24.6 Å². The number of thiazole rings is 1. The standard InChI is InChI=1S/C17H19N5O3S/c1-19-8-13(23)22-17-21-11-4-2-3-10(15(25)16(11)26-17)14(24)9-5-6-12(18)20-7-9/h5-7,10,19H,2-4,8H2,1H3,(H2,18,20)(H,21,22,23). The second-order valence-electron chi connectivity index (χ2n) is 6.02. The van der Waals surface area contributed by atoms with Gasteiger partial charge in [-0.05, 0) is 38.4 Å². The zero-order valence-corrected chi connectivity index (χ0v) is 15.1. The van der Waals surface area contributed by atoms with Gasteiger partial charge in [0.25, 0.3) is 0 Å². The van der Waals surface area contributed by atoms with Crippen LogP contribution in [-0.4, -0.2) is 41.0 Å². The lowest BCUT2D eigenvalue weighted by Gasteiger charge is -2.11. The lowest BCUT2D eigenvalue weighted by Crippen LogP contribution is -2.25. The van der Waals surface area contributed by atoms with E-state index in [0.717, 1.165) is 11.3 Å². The van der Waals surface area contributed by atoms with Gasteiger partial charge in [-0.2, -0.15) is 0 Å². The summed E-state index contributed by atoms with van der Waals surface area (Å²) in [5, 5.41) is 5.80. The molecule has 26 heavy (non-hydrogen) atoms. The summed E-state index contributed by atoms with van der Waals surface area (Å²) in [6, 6.07) is 3.13. The van der Waals surface area contributed by atoms with E-state index in [1.807, 2.05) is 0 Å². The first-order valence-corrected chi connectivity index (χ1v) is 9.05. The molecule has 0 bridgehead atoms. The second kappa shape index (κ2) is 7.71. The van der Waals surface area contributed by atoms with Gasteiger partial charge in [0, 0.05) is 11.8 Å². The Kier molecular flexibility index (Phi) is 5.38. The predicted molar refractivity (Wildman–Crippen MR) is 98.4 cm³/mol. The van der Waals surface area contributed by atoms with Crippen molar-refractivity contribution >= 4 is 39.8 Å². The maximum Gasteiger partial charge on any atom is 0.240 e. The highest BCUT2D eigenvalue weighted by Gasteiger charge is 2.34. The Morgan fingerprint density at radius 3 is 2.88 bits per heavy atom. The third kappa shape index (κ3) is 3.78. The molecule has 2 heterocycles. The van der Waals surface area contributed by atoms with Gasteiger partial charge in [-0.15, -0.1) is 0 Å². The maximum atomic E-state index is 12.9. The number of nitrogens with zero attached hydrogens (tertiary/aromatic N) is 2. The van der Waals surface area contributed by atoms with Crippen LogP contribution in [0.5, 0.6) is 0 Å². The minimum absolute atomic E-state index is 0.156. The smallest absolute Gasteiger partial charge is 0.240 e. The number of carbonyl (C=O) groups excluding carboxylic acids is 3. The van der Waals surface area contributed by atoms with Gasteiger partial charge >= 0.3 is 0 Å². The third-order valence-corrected chi connectivity index (χ3v) is 5.14. The molecule has 1 amide bonds. The van der Waals surface area contributed by atoms with Gasteiger partial charge in [-0.3, -0.25) is 14.4 Å². The molecule has 1 aliphatic rings. The van der Waals surface area contributed by atoms with Crippen molar-refractivity contribution in [3.63, 3.8) is 0 Å². The highest BCUT2D eigenvalue weighted by atomic mass is 32.1. The molecule has 2 aromatic rings. The molecule has 0 saturated heterocycles. The van der Waals surface area contributed by atoms with Crippen LogP contribution < -0.4 is 16.4 Å². The van der Waals surface area contributed by atoms with Crippen molar-refractivity contribution in [2.45, 2.75) is 19.3 Å². The normalized spacial score (nSPS) is 16.7. The van der Waals surface area contributed by atoms with Gasteiger partial charge in [0.15, 0.2) is 16.7 Å². The number of likely N-dealkylation sites (N-methyl/N-ethyl adjacent to an activating group) is 1. The van der Waals surface area contributed by atoms with E-state index in [0.29, 0.717) is 46.3 Å². The fraction of sp³-hybridized carbons (Fsp3) is 0.353. The van der Waals surface area contributed by atoms with E-state index >= 15 is 0 Å². The SMILES string of the molecule is CNCC(=O)Nc1nc2c(s1)C(=O)C(C(=O)c1ccc(N)nc1)CCC2. The van der Waals surface area contributed by atoms with E-state index in [1.165, 1.54) is 6.20 Å². The molecule has 1 atom stereocenters. The van der Waals surface area contributed by atoms with Crippen molar-refractivity contribution in [1.29, 1.82) is 0 Å². The molecule has 0 fully saturated rings. The Balaban J connectivity index is 1.83. The molecular weight excluding hydrogens is 354 g/mol. The Hall–Kier alpha value is -2.65. The van der Waals surface area contributed by atoms with Crippen LogP contribution in [0, 0.1) is 5.92 Å². The number of nitrogens with one attached hydrogen (secondary N) is 2. The largest absolute Gasteiger partial charge is 0.384 e. The van der Waals surface area contributed by atoms with Crippen LogP contribution in [0.25, 0.3) is 0 Å². The van der Waals surface area contributed by atoms with E-state index in [-0.39, 0.29) is 24.0 Å². The number of fused-ring (bicyclic) bond motifs is 1. The summed E-state index contributed by atoms with van der Waals surface area (Å²) in [4.78, 5) is 46.1. The summed E-state index contributed by atoms with van der Waals surface area (Å²) in [5.74, 6) is -1.18. The summed E-state index contributed by atoms with van der Waals surface area (Å²) >= 11 is 1.12. The number of ketones is 2. The first-order valence-electron chi connectivity index (χ1n) is 8.23. The number of aryl methyl sites for hydroxylation is 1. The summed E-state index contributed by atoms with van der Waals surface area (Å²) < 4.78 is 0. The molecule has 0 saturated carbocycles. The van der Waals surface area contributed by atoms with Crippen LogP contribution in [0.1, 0.15) is 38.6 Å². The van der Waals surface area contributed by atoms with E-state index in [1.54, 1.807) is 19.2 Å². The molecule has 2 aromatic heterocycles. The summed E-state index contributed by atoms with van der Waals surface area (Å²) in [5.41, 5.74) is 6.56. The minimum Gasteiger partial charge on any atom is -0.384 e. The zero-order valence-electron chi connectivity index (χ0n) is 14.2. The van der Waals surface area contributed by atoms with Gasteiger partial charge in [0.1, 0.15) is 5.82 Å². The van der Waals surface area contributed by atoms with Crippen molar-refractivity contribution in [2.24, 2.45) is 5.92 Å². The molecule has 1 aliphatic carbocycles. The molecule has 0 radical (unpaired) electrons. The number of hydrogen-bond donors (Lipinski definition) is 3. The van der Waals surface area contributed by atoms with E-state index in [4.69, 9.17) is 5.73 Å². The first-order chi connectivity index (χ1) is 12.5. The van der Waals surface area contributed by atoms with Crippen LogP contribution in [0.4, 0.5) is 10.9 Å². The van der Waals surface area contributed by atoms with E-state index in [2.05, 4.69) is 20.6 Å². The summed E-state index contributed by atoms with van der Waals surface area (Å²) in [6.07, 6.45) is 3.13. The molecule has 136 valence electrons. The first kappa shape index (κ1) is 18.2. The van der Waals surface area contributed by atoms with Gasteiger partial charge in [-0.25, -0.2) is 9.97 Å². The lowest BCUT2D eigenvalue weighted by molar-refractivity contribution is -0.115. The number of Topliss-reactive ketones (excluding diaryl/α,β-unsaturated/α-hetero) is 2. The van der Waals surface area contributed by atoms with Gasteiger partial charge < -0.3 is 16.4 Å². The molecule has 1 unspecified atom stereocenters. The Labute approximate surface area is 154 Å². The van der Waals surface area contributed by atoms with Crippen molar-refractivity contribution < 1.29 is 14.4 Å². The Morgan fingerprint density at radius 1 is 1.38 bits per heavy atom. The highest BCUT2D eigenvalue weighted by molar-refractivity contribution is 7.17. The van der Waals surface area contributed by atoms with Crippen LogP contribution in [0.2, 0.25) is 0 Å². The number of carbonyl (C=O) groups is 3. The van der Waals surface area contributed by atoms with Gasteiger partial charge in [0.05, 0.1) is 23.0 Å². The number of hydrogen-bond acceptors (Lipinski definition) is 8. The number of anilines is 2. The van der Waals surface area contributed by atoms with Crippen molar-refractivity contribution in [3.05, 3.63) is 34.5 Å². The fourth-order valence-electron chi connectivity index (χ4n) is 2.86. The van der Waals surface area contributed by atoms with Crippen LogP contribution in [0.15, 0.2) is 18.3 Å². The number of amides is 1. The summed E-state index contributed by atoms with van der Waals surface area (Å²) in [6.45, 7) is 0.156. The molecule has 0 aliphatic heterocycles. The topological polar surface area (TPSA) is 127 Å². The quantitative estimate of drug-likeness (QED) is 0.409. The van der Waals surface area contributed by atoms with Crippen LogP contribution in [0.3, 0.4) is 0 Å². The number of rotatable bonds is 5. The average molecular weight is 373 g/mol. The number of aromatic nitrogens is 2. The second-order valence-corrected chi connectivity index (χ2v) is 7.02. The maximum absolute atomic E-state index is 12.9. The van der Waals surface area contributed by atoms with Crippen LogP contribution >= 0.6 is 11.3 Å². The number of pyridine rings is 1. The van der Waals surface area contributed by atoms with Gasteiger partial charge in [0.2, 0.25) is 5.91 Å². The highest BCUT2D eigenvalue weighted by Crippen LogP contribution is 2.32. The Bertz CT molecular complexity index is 847. The molecule has 4 N–H and O–H groups in total. The molecule has 8 nitrogen and oxygen atoms in total. The molecule has 9 heteroatoms. The monoisotopic (exact) mass is 373 g/mol. The van der Waals surface area contributed by atoms with Crippen molar-refractivity contribution in [1.82, 2.24) is 15.3 Å². The van der Waals surface area contributed by atoms with Crippen LogP contribution in [-0.2, 0) is 11.2 Å². The lowest BCUT2D eigenvalue weighted by atomic mass is 9.91.